The van der Waals surface area contributed by atoms with Crippen molar-refractivity contribution in [2.24, 2.45) is 0 Å². The molecule has 1 heterocycles. The van der Waals surface area contributed by atoms with Crippen LogP contribution in [-0.4, -0.2) is 11.6 Å². The quantitative estimate of drug-likeness (QED) is 0.702. The topological polar surface area (TPSA) is 27.7 Å². The smallest absolute Gasteiger partial charge is 0.204 e. The molecule has 0 amide bonds. The lowest BCUT2D eigenvalue weighted by atomic mass is 9.81. The number of rotatable bonds is 1. The first-order valence-electron chi connectivity index (χ1n) is 8.41. The molecule has 1 aromatic rings. The predicted octanol–water partition coefficient (Wildman–Crippen LogP) is 4.68. The van der Waals surface area contributed by atoms with Gasteiger partial charge in [0.05, 0.1) is 0 Å². The van der Waals surface area contributed by atoms with Crippen molar-refractivity contribution < 1.29 is 14.5 Å². The molecule has 0 N–H and O–H groups in total. The molecule has 1 aliphatic heterocycles. The summed E-state index contributed by atoms with van der Waals surface area (Å²) in [7, 11) is 0. The SMILES string of the molecule is c1ccc(C2CCC3(CC2)OOC2(CCCCC2)O3)cc1. The Hall–Kier alpha value is -0.900. The molecule has 3 nitrogen and oxygen atoms in total. The van der Waals surface area contributed by atoms with Crippen LogP contribution in [0.1, 0.15) is 69.3 Å². The Morgan fingerprint density at radius 2 is 1.38 bits per heavy atom. The minimum absolute atomic E-state index is 0.433. The summed E-state index contributed by atoms with van der Waals surface area (Å²) >= 11 is 0. The molecular formula is C18H24O3. The average Bonchev–Trinajstić information content (AvgIpc) is 2.88. The standard InChI is InChI=1S/C18H24O3/c1-3-7-15(8-4-1)16-9-13-18(14-10-16)19-17(20-21-18)11-5-2-6-12-17/h1,3-4,7-8,16H,2,5-6,9-14H2. The second kappa shape index (κ2) is 5.38. The summed E-state index contributed by atoms with van der Waals surface area (Å²) in [5, 5.41) is 0. The fourth-order valence-corrected chi connectivity index (χ4v) is 4.10. The van der Waals surface area contributed by atoms with E-state index in [2.05, 4.69) is 30.3 Å². The van der Waals surface area contributed by atoms with E-state index in [0.29, 0.717) is 5.92 Å². The molecule has 1 aromatic carbocycles. The van der Waals surface area contributed by atoms with Gasteiger partial charge in [0.1, 0.15) is 0 Å². The van der Waals surface area contributed by atoms with Crippen molar-refractivity contribution in [2.45, 2.75) is 75.3 Å². The number of hydrogen-bond acceptors (Lipinski definition) is 3. The monoisotopic (exact) mass is 288 g/mol. The highest BCUT2D eigenvalue weighted by atomic mass is 17.3. The third-order valence-electron chi connectivity index (χ3n) is 5.35. The van der Waals surface area contributed by atoms with Gasteiger partial charge >= 0.3 is 0 Å². The van der Waals surface area contributed by atoms with Crippen molar-refractivity contribution in [2.75, 3.05) is 0 Å². The minimum atomic E-state index is -0.470. The molecule has 2 spiro atoms. The Kier molecular flexibility index (Phi) is 3.52. The first-order chi connectivity index (χ1) is 10.3. The van der Waals surface area contributed by atoms with Crippen molar-refractivity contribution in [1.82, 2.24) is 0 Å². The van der Waals surface area contributed by atoms with Gasteiger partial charge in [0, 0.05) is 25.7 Å². The van der Waals surface area contributed by atoms with Crippen molar-refractivity contribution in [1.29, 1.82) is 0 Å². The molecule has 0 bridgehead atoms. The van der Waals surface area contributed by atoms with Gasteiger partial charge in [0.2, 0.25) is 11.6 Å². The third-order valence-corrected chi connectivity index (χ3v) is 5.35. The van der Waals surface area contributed by atoms with E-state index >= 15 is 0 Å². The summed E-state index contributed by atoms with van der Waals surface area (Å²) in [6, 6.07) is 10.8. The van der Waals surface area contributed by atoms with E-state index in [1.165, 1.54) is 24.8 Å². The van der Waals surface area contributed by atoms with Crippen LogP contribution < -0.4 is 0 Å². The van der Waals surface area contributed by atoms with Crippen LogP contribution in [0.4, 0.5) is 0 Å². The van der Waals surface area contributed by atoms with Crippen LogP contribution in [-0.2, 0) is 14.5 Å². The van der Waals surface area contributed by atoms with Gasteiger partial charge in [0.15, 0.2) is 0 Å². The van der Waals surface area contributed by atoms with Gasteiger partial charge in [-0.15, -0.1) is 0 Å². The number of ether oxygens (including phenoxy) is 1. The van der Waals surface area contributed by atoms with Gasteiger partial charge in [-0.2, -0.15) is 9.78 Å². The van der Waals surface area contributed by atoms with E-state index in [-0.39, 0.29) is 0 Å². The molecular weight excluding hydrogens is 264 g/mol. The van der Waals surface area contributed by atoms with Crippen LogP contribution >= 0.6 is 0 Å². The summed E-state index contributed by atoms with van der Waals surface area (Å²) in [6.07, 6.45) is 9.74. The molecule has 0 atom stereocenters. The molecule has 4 rings (SSSR count). The largest absolute Gasteiger partial charge is 0.312 e. The van der Waals surface area contributed by atoms with Crippen LogP contribution in [0.3, 0.4) is 0 Å². The zero-order chi connectivity index (χ0) is 14.2. The second-order valence-corrected chi connectivity index (χ2v) is 6.84. The number of hydrogen-bond donors (Lipinski definition) is 0. The van der Waals surface area contributed by atoms with E-state index in [0.717, 1.165) is 38.5 Å². The fraction of sp³-hybridized carbons (Fsp3) is 0.667. The van der Waals surface area contributed by atoms with Gasteiger partial charge in [-0.1, -0.05) is 36.8 Å². The Balaban J connectivity index is 1.41. The summed E-state index contributed by atoms with van der Waals surface area (Å²) in [5.74, 6) is -0.271. The molecule has 114 valence electrons. The fourth-order valence-electron chi connectivity index (χ4n) is 4.10. The van der Waals surface area contributed by atoms with Gasteiger partial charge < -0.3 is 4.74 Å². The Morgan fingerprint density at radius 1 is 0.762 bits per heavy atom. The maximum absolute atomic E-state index is 6.36. The Labute approximate surface area is 126 Å². The van der Waals surface area contributed by atoms with E-state index < -0.39 is 11.6 Å². The molecule has 3 fully saturated rings. The summed E-state index contributed by atoms with van der Waals surface area (Å²) in [6.45, 7) is 0. The normalized spacial score (nSPS) is 35.3. The second-order valence-electron chi connectivity index (χ2n) is 6.84. The summed E-state index contributed by atoms with van der Waals surface area (Å²) in [5.41, 5.74) is 1.44. The summed E-state index contributed by atoms with van der Waals surface area (Å²) in [4.78, 5) is 11.4. The molecule has 3 heteroatoms. The zero-order valence-electron chi connectivity index (χ0n) is 12.6. The first-order valence-corrected chi connectivity index (χ1v) is 8.41. The zero-order valence-corrected chi connectivity index (χ0v) is 12.6. The lowest BCUT2D eigenvalue weighted by Gasteiger charge is -2.36. The molecule has 1 saturated heterocycles. The molecule has 3 aliphatic rings. The van der Waals surface area contributed by atoms with Gasteiger partial charge in [-0.25, -0.2) is 0 Å². The molecule has 0 aromatic heterocycles. The van der Waals surface area contributed by atoms with Crippen LogP contribution in [0, 0.1) is 0 Å². The van der Waals surface area contributed by atoms with Crippen LogP contribution in [0.5, 0.6) is 0 Å². The van der Waals surface area contributed by atoms with Gasteiger partial charge in [0.25, 0.3) is 0 Å². The molecule has 2 aliphatic carbocycles. The lowest BCUT2D eigenvalue weighted by molar-refractivity contribution is -0.358. The van der Waals surface area contributed by atoms with Gasteiger partial charge in [-0.3, -0.25) is 0 Å². The van der Waals surface area contributed by atoms with E-state index in [4.69, 9.17) is 14.5 Å². The predicted molar refractivity (Wildman–Crippen MR) is 79.5 cm³/mol. The molecule has 21 heavy (non-hydrogen) atoms. The van der Waals surface area contributed by atoms with Crippen molar-refractivity contribution in [3.8, 4) is 0 Å². The Bertz CT molecular complexity index is 470. The maximum atomic E-state index is 6.36. The highest BCUT2D eigenvalue weighted by Crippen LogP contribution is 2.50. The van der Waals surface area contributed by atoms with E-state index in [1.54, 1.807) is 0 Å². The third kappa shape index (κ3) is 2.63. The summed E-state index contributed by atoms with van der Waals surface area (Å²) < 4.78 is 6.36. The van der Waals surface area contributed by atoms with Crippen LogP contribution in [0.25, 0.3) is 0 Å². The van der Waals surface area contributed by atoms with Crippen LogP contribution in [0.2, 0.25) is 0 Å². The lowest BCUT2D eigenvalue weighted by Crippen LogP contribution is -2.40. The van der Waals surface area contributed by atoms with Gasteiger partial charge in [-0.05, 0) is 37.2 Å². The molecule has 2 saturated carbocycles. The molecule has 0 radical (unpaired) electrons. The number of benzene rings is 1. The minimum Gasteiger partial charge on any atom is -0.312 e. The highest BCUT2D eigenvalue weighted by Gasteiger charge is 2.54. The van der Waals surface area contributed by atoms with Crippen LogP contribution in [0.15, 0.2) is 30.3 Å². The first kappa shape index (κ1) is 13.7. The highest BCUT2D eigenvalue weighted by molar-refractivity contribution is 5.20. The van der Waals surface area contributed by atoms with Crippen molar-refractivity contribution in [3.63, 3.8) is 0 Å². The Morgan fingerprint density at radius 3 is 2.05 bits per heavy atom. The van der Waals surface area contributed by atoms with Crippen molar-refractivity contribution >= 4 is 0 Å². The van der Waals surface area contributed by atoms with E-state index in [9.17, 15) is 0 Å². The molecule has 0 unspecified atom stereocenters. The average molecular weight is 288 g/mol. The van der Waals surface area contributed by atoms with E-state index in [1.807, 2.05) is 0 Å². The maximum Gasteiger partial charge on any atom is 0.204 e. The van der Waals surface area contributed by atoms with Crippen molar-refractivity contribution in [3.05, 3.63) is 35.9 Å².